The molecule has 1 aliphatic rings. The van der Waals surface area contributed by atoms with E-state index in [0.717, 1.165) is 72.3 Å². The lowest BCUT2D eigenvalue weighted by Gasteiger charge is -2.40. The fourth-order valence-electron chi connectivity index (χ4n) is 6.12. The number of anilines is 1. The molecule has 2 aromatic heterocycles. The summed E-state index contributed by atoms with van der Waals surface area (Å²) in [6.45, 7) is 11.7. The molecule has 0 radical (unpaired) electrons. The van der Waals surface area contributed by atoms with E-state index in [4.69, 9.17) is 4.74 Å². The molecule has 2 heterocycles. The number of nitrogens with one attached hydrogen (secondary N) is 2. The molecular weight excluding hydrogens is 526 g/mol. The third kappa shape index (κ3) is 7.21. The van der Waals surface area contributed by atoms with Gasteiger partial charge in [0.05, 0.1) is 6.61 Å². The molecule has 1 aromatic carbocycles. The minimum atomic E-state index is -0.196. The molecule has 0 bridgehead atoms. The van der Waals surface area contributed by atoms with Crippen LogP contribution in [0.3, 0.4) is 0 Å². The summed E-state index contributed by atoms with van der Waals surface area (Å²) in [5, 5.41) is 3.03. The third-order valence-corrected chi connectivity index (χ3v) is 8.56. The number of pyridine rings is 2. The second-order valence-electron chi connectivity index (χ2n) is 11.7. The molecule has 0 unspecified atom stereocenters. The van der Waals surface area contributed by atoms with Gasteiger partial charge in [0.25, 0.3) is 11.5 Å². The molecule has 226 valence electrons. The molecule has 1 amide bonds. The van der Waals surface area contributed by atoms with E-state index >= 15 is 0 Å². The number of aromatic nitrogens is 2. The molecule has 0 spiro atoms. The summed E-state index contributed by atoms with van der Waals surface area (Å²) in [4.78, 5) is 38.5. The Labute approximate surface area is 250 Å². The van der Waals surface area contributed by atoms with Gasteiger partial charge in [-0.15, -0.1) is 0 Å². The molecule has 0 atom stereocenters. The second kappa shape index (κ2) is 14.0. The van der Waals surface area contributed by atoms with Gasteiger partial charge in [0.15, 0.2) is 0 Å². The first-order chi connectivity index (χ1) is 20.1. The maximum Gasteiger partial charge on any atom is 0.253 e. The first kappa shape index (κ1) is 31.3. The van der Waals surface area contributed by atoms with Crippen molar-refractivity contribution in [2.24, 2.45) is 0 Å². The number of aromatic amines is 1. The van der Waals surface area contributed by atoms with Crippen LogP contribution in [0.1, 0.15) is 78.7 Å². The minimum Gasteiger partial charge on any atom is -0.478 e. The van der Waals surface area contributed by atoms with Crippen LogP contribution >= 0.6 is 0 Å². The number of H-pyrrole nitrogens is 1. The standard InChI is InChI=1S/C34H47N5O3/c1-8-16-42-32-15-10-25(20-35-32)26-18-29(33(40)36-21-30-22(3)17-23(4)37-34(30)41)24(5)31(19-26)39(9-2)28-13-11-27(12-14-28)38(6)7/h10,15,17-20,27-28H,8-9,11-14,16,21H2,1-7H3,(H,36,40)(H,37,41). The molecule has 1 aliphatic carbocycles. The lowest BCUT2D eigenvalue weighted by Crippen LogP contribution is -2.42. The average Bonchev–Trinajstić information content (AvgIpc) is 2.97. The van der Waals surface area contributed by atoms with Crippen molar-refractivity contribution >= 4 is 11.6 Å². The van der Waals surface area contributed by atoms with Gasteiger partial charge in [-0.2, -0.15) is 0 Å². The van der Waals surface area contributed by atoms with Gasteiger partial charge >= 0.3 is 0 Å². The quantitative estimate of drug-likeness (QED) is 0.302. The molecule has 8 nitrogen and oxygen atoms in total. The zero-order chi connectivity index (χ0) is 30.4. The van der Waals surface area contributed by atoms with Gasteiger partial charge in [0.1, 0.15) is 0 Å². The Hall–Kier alpha value is -3.65. The van der Waals surface area contributed by atoms with Crippen molar-refractivity contribution in [1.82, 2.24) is 20.2 Å². The molecule has 0 saturated heterocycles. The Morgan fingerprint density at radius 1 is 1.02 bits per heavy atom. The van der Waals surface area contributed by atoms with Crippen molar-refractivity contribution < 1.29 is 9.53 Å². The number of ether oxygens (including phenoxy) is 1. The Balaban J connectivity index is 1.70. The van der Waals surface area contributed by atoms with Crippen LogP contribution in [0.15, 0.2) is 41.3 Å². The van der Waals surface area contributed by atoms with Crippen molar-refractivity contribution in [3.8, 4) is 17.0 Å². The van der Waals surface area contributed by atoms with Gasteiger partial charge in [-0.1, -0.05) is 6.92 Å². The normalized spacial score (nSPS) is 16.9. The number of hydrogen-bond donors (Lipinski definition) is 2. The smallest absolute Gasteiger partial charge is 0.253 e. The maximum atomic E-state index is 13.8. The molecule has 3 aromatic rings. The molecule has 2 N–H and O–H groups in total. The number of rotatable bonds is 11. The number of aryl methyl sites for hydroxylation is 2. The number of amides is 1. The molecule has 4 rings (SSSR count). The highest BCUT2D eigenvalue weighted by Crippen LogP contribution is 2.35. The van der Waals surface area contributed by atoms with Gasteiger partial charge in [-0.05, 0) is 115 Å². The SMILES string of the molecule is CCCOc1ccc(-c2cc(C(=O)NCc3c(C)cc(C)[nH]c3=O)c(C)c(N(CC)C3CCC(N(C)C)CC3)c2)cn1. The third-order valence-electron chi connectivity index (χ3n) is 8.56. The fraction of sp³-hybridized carbons (Fsp3) is 0.500. The summed E-state index contributed by atoms with van der Waals surface area (Å²) in [5.74, 6) is 0.399. The lowest BCUT2D eigenvalue weighted by molar-refractivity contribution is 0.0950. The van der Waals surface area contributed by atoms with Gasteiger partial charge in [0, 0.05) is 65.5 Å². The lowest BCUT2D eigenvalue weighted by atomic mass is 9.88. The minimum absolute atomic E-state index is 0.163. The van der Waals surface area contributed by atoms with E-state index in [9.17, 15) is 9.59 Å². The Morgan fingerprint density at radius 2 is 1.74 bits per heavy atom. The second-order valence-corrected chi connectivity index (χ2v) is 11.7. The molecule has 1 saturated carbocycles. The van der Waals surface area contributed by atoms with E-state index in [1.165, 1.54) is 0 Å². The van der Waals surface area contributed by atoms with E-state index in [1.807, 2.05) is 51.2 Å². The zero-order valence-corrected chi connectivity index (χ0v) is 26.3. The van der Waals surface area contributed by atoms with Crippen LogP contribution in [-0.4, -0.2) is 60.1 Å². The van der Waals surface area contributed by atoms with Crippen LogP contribution in [0.2, 0.25) is 0 Å². The summed E-state index contributed by atoms with van der Waals surface area (Å²) in [6, 6.07) is 11.0. The first-order valence-corrected chi connectivity index (χ1v) is 15.3. The topological polar surface area (TPSA) is 90.6 Å². The van der Waals surface area contributed by atoms with Gasteiger partial charge in [-0.3, -0.25) is 9.59 Å². The van der Waals surface area contributed by atoms with Crippen molar-refractivity contribution in [1.29, 1.82) is 0 Å². The van der Waals surface area contributed by atoms with E-state index in [0.29, 0.717) is 35.7 Å². The monoisotopic (exact) mass is 573 g/mol. The molecule has 0 aliphatic heterocycles. The molecule has 1 fully saturated rings. The van der Waals surface area contributed by atoms with Gasteiger partial charge < -0.3 is 24.8 Å². The molecule has 8 heteroatoms. The van der Waals surface area contributed by atoms with E-state index < -0.39 is 0 Å². The van der Waals surface area contributed by atoms with Crippen LogP contribution in [0.5, 0.6) is 5.88 Å². The summed E-state index contributed by atoms with van der Waals surface area (Å²) in [6.07, 6.45) is 7.28. The van der Waals surface area contributed by atoms with E-state index in [-0.39, 0.29) is 18.0 Å². The maximum absolute atomic E-state index is 13.8. The Morgan fingerprint density at radius 3 is 2.33 bits per heavy atom. The molecule has 42 heavy (non-hydrogen) atoms. The van der Waals surface area contributed by atoms with Crippen LogP contribution in [-0.2, 0) is 6.54 Å². The number of hydrogen-bond acceptors (Lipinski definition) is 6. The predicted molar refractivity (Wildman–Crippen MR) is 171 cm³/mol. The van der Waals surface area contributed by atoms with Crippen molar-refractivity contribution in [2.45, 2.75) is 85.4 Å². The van der Waals surface area contributed by atoms with Crippen LogP contribution in [0.4, 0.5) is 5.69 Å². The van der Waals surface area contributed by atoms with Crippen LogP contribution < -0.4 is 20.5 Å². The van der Waals surface area contributed by atoms with Crippen molar-refractivity contribution in [3.05, 3.63) is 74.8 Å². The highest BCUT2D eigenvalue weighted by Gasteiger charge is 2.28. The summed E-state index contributed by atoms with van der Waals surface area (Å²) in [5.41, 5.74) is 6.55. The summed E-state index contributed by atoms with van der Waals surface area (Å²) < 4.78 is 5.70. The van der Waals surface area contributed by atoms with Gasteiger partial charge in [-0.25, -0.2) is 4.98 Å². The number of carbonyl (C=O) groups is 1. The number of benzene rings is 1. The Bertz CT molecular complexity index is 1420. The van der Waals surface area contributed by atoms with Crippen LogP contribution in [0.25, 0.3) is 11.1 Å². The van der Waals surface area contributed by atoms with Crippen LogP contribution in [0, 0.1) is 20.8 Å². The highest BCUT2D eigenvalue weighted by molar-refractivity contribution is 5.99. The van der Waals surface area contributed by atoms with Crippen molar-refractivity contribution in [3.63, 3.8) is 0 Å². The Kier molecular flexibility index (Phi) is 10.4. The largest absolute Gasteiger partial charge is 0.478 e. The molecular formula is C34H47N5O3. The van der Waals surface area contributed by atoms with E-state index in [2.05, 4.69) is 59.1 Å². The highest BCUT2D eigenvalue weighted by atomic mass is 16.5. The zero-order valence-electron chi connectivity index (χ0n) is 26.3. The fourth-order valence-corrected chi connectivity index (χ4v) is 6.12. The first-order valence-electron chi connectivity index (χ1n) is 15.3. The number of nitrogens with zero attached hydrogens (tertiary/aromatic N) is 3. The predicted octanol–water partition coefficient (Wildman–Crippen LogP) is 5.78. The van der Waals surface area contributed by atoms with E-state index in [1.54, 1.807) is 0 Å². The average molecular weight is 574 g/mol. The summed E-state index contributed by atoms with van der Waals surface area (Å²) in [7, 11) is 4.33. The van der Waals surface area contributed by atoms with Crippen molar-refractivity contribution in [2.75, 3.05) is 32.1 Å². The number of carbonyl (C=O) groups excluding carboxylic acids is 1. The van der Waals surface area contributed by atoms with Gasteiger partial charge in [0.2, 0.25) is 5.88 Å². The summed E-state index contributed by atoms with van der Waals surface area (Å²) >= 11 is 0.